The van der Waals surface area contributed by atoms with E-state index in [2.05, 4.69) is 22.9 Å². The van der Waals surface area contributed by atoms with Gasteiger partial charge in [0.15, 0.2) is 0 Å². The van der Waals surface area contributed by atoms with Gasteiger partial charge < -0.3 is 23.7 Å². The summed E-state index contributed by atoms with van der Waals surface area (Å²) in [6.07, 6.45) is -4.58. The molecule has 1 aromatic heterocycles. The summed E-state index contributed by atoms with van der Waals surface area (Å²) >= 11 is 0. The first-order valence-electron chi connectivity index (χ1n) is 18.0. The van der Waals surface area contributed by atoms with Crippen LogP contribution in [0.25, 0.3) is 11.0 Å². The van der Waals surface area contributed by atoms with E-state index in [1.54, 1.807) is 11.8 Å². The number of likely N-dealkylation sites (N-methyl/N-ethyl adjacent to an activating group) is 1. The normalized spacial score (nSPS) is 18.7. The van der Waals surface area contributed by atoms with Crippen LogP contribution < -0.4 is 20.0 Å². The van der Waals surface area contributed by atoms with Crippen molar-refractivity contribution >= 4 is 38.7 Å². The third kappa shape index (κ3) is 7.68. The van der Waals surface area contributed by atoms with Crippen molar-refractivity contribution < 1.29 is 45.1 Å². The molecule has 3 aliphatic rings. The molecule has 0 saturated carbocycles. The van der Waals surface area contributed by atoms with Gasteiger partial charge in [-0.15, -0.1) is 0 Å². The monoisotopic (exact) mass is 777 g/mol. The molecule has 2 fully saturated rings. The van der Waals surface area contributed by atoms with Gasteiger partial charge in [-0.2, -0.15) is 25.9 Å². The maximum absolute atomic E-state index is 14.6. The molecular formula is C37H46F3N5O8S. The van der Waals surface area contributed by atoms with E-state index in [4.69, 9.17) is 13.9 Å². The Morgan fingerprint density at radius 1 is 1.04 bits per heavy atom. The Morgan fingerprint density at radius 3 is 2.39 bits per heavy atom. The first-order chi connectivity index (χ1) is 25.4. The van der Waals surface area contributed by atoms with Crippen LogP contribution in [0.4, 0.5) is 18.9 Å². The molecule has 4 heterocycles. The third-order valence-corrected chi connectivity index (χ3v) is 11.9. The highest BCUT2D eigenvalue weighted by Crippen LogP contribution is 2.40. The standard InChI is InChI=1S/C37H46F3N5O8S/c1-21(2)52-30-17-24(16-28(37(38,39)40)32(30)34(46)41-54(49,50)45-10-7-8-11-45)35(47)44-12-9-26-27(19-44)36(48)53-33-23(4)29(15-22(3)31(26)33)43-14-13-42(5)25(18-43)20-51-6/h15-17,21,25H,7-14,18-20H2,1-6H3,(H,41,46)/t25-/m1/s1. The number of hydrogen-bond acceptors (Lipinski definition) is 10. The summed E-state index contributed by atoms with van der Waals surface area (Å²) in [5.74, 6) is -2.97. The summed E-state index contributed by atoms with van der Waals surface area (Å²) in [6, 6.07) is 3.80. The molecule has 2 amide bonds. The van der Waals surface area contributed by atoms with Crippen molar-refractivity contribution in [2.75, 3.05) is 64.9 Å². The fourth-order valence-electron chi connectivity index (χ4n) is 7.68. The predicted octanol–water partition coefficient (Wildman–Crippen LogP) is 4.25. The van der Waals surface area contributed by atoms with E-state index < -0.39 is 62.4 Å². The van der Waals surface area contributed by atoms with Crippen molar-refractivity contribution in [2.45, 2.75) is 71.8 Å². The number of hydrogen-bond donors (Lipinski definition) is 1. The van der Waals surface area contributed by atoms with Gasteiger partial charge in [-0.1, -0.05) is 0 Å². The Morgan fingerprint density at radius 2 is 1.74 bits per heavy atom. The van der Waals surface area contributed by atoms with Gasteiger partial charge >= 0.3 is 22.0 Å². The van der Waals surface area contributed by atoms with E-state index in [0.717, 1.165) is 57.8 Å². The smallest absolute Gasteiger partial charge is 0.417 e. The highest BCUT2D eigenvalue weighted by atomic mass is 32.2. The van der Waals surface area contributed by atoms with Crippen LogP contribution in [0.1, 0.15) is 75.2 Å². The Kier molecular flexibility index (Phi) is 11.1. The van der Waals surface area contributed by atoms with Crippen molar-refractivity contribution in [1.29, 1.82) is 0 Å². The maximum Gasteiger partial charge on any atom is 0.417 e. The number of carbonyl (C=O) groups is 2. The molecule has 3 aliphatic heterocycles. The minimum Gasteiger partial charge on any atom is -0.490 e. The molecular weight excluding hydrogens is 731 g/mol. The van der Waals surface area contributed by atoms with Gasteiger partial charge in [-0.3, -0.25) is 14.5 Å². The van der Waals surface area contributed by atoms with E-state index in [1.807, 2.05) is 13.8 Å². The second-order valence-corrected chi connectivity index (χ2v) is 16.2. The quantitative estimate of drug-likeness (QED) is 0.314. The third-order valence-electron chi connectivity index (χ3n) is 10.4. The number of ether oxygens (including phenoxy) is 2. The topological polar surface area (TPSA) is 142 Å². The summed E-state index contributed by atoms with van der Waals surface area (Å²) in [7, 11) is -0.704. The first kappa shape index (κ1) is 39.5. The van der Waals surface area contributed by atoms with Gasteiger partial charge in [0.05, 0.1) is 42.0 Å². The number of piperazine rings is 1. The van der Waals surface area contributed by atoms with Gasteiger partial charge in [-0.05, 0) is 83.3 Å². The average molecular weight is 778 g/mol. The number of amides is 2. The van der Waals surface area contributed by atoms with Gasteiger partial charge in [-0.25, -0.2) is 9.52 Å². The number of fused-ring (bicyclic) bond motifs is 3. The lowest BCUT2D eigenvalue weighted by atomic mass is 9.92. The molecule has 54 heavy (non-hydrogen) atoms. The molecule has 1 N–H and O–H groups in total. The number of anilines is 1. The van der Waals surface area contributed by atoms with Gasteiger partial charge in [0.1, 0.15) is 11.3 Å². The summed E-state index contributed by atoms with van der Waals surface area (Å²) < 4.78 is 89.4. The zero-order chi connectivity index (χ0) is 39.3. The lowest BCUT2D eigenvalue weighted by molar-refractivity contribution is -0.138. The average Bonchev–Trinajstić information content (AvgIpc) is 3.66. The SMILES string of the molecule is COC[C@H]1CN(c2cc(C)c3c4c(c(=O)oc3c2C)CN(C(=O)c2cc(OC(C)C)c(C(=O)NS(=O)(=O)N3CCCC3)c(C(F)(F)F)c2)CC4)CCN1C. The molecule has 0 spiro atoms. The van der Waals surface area contributed by atoms with E-state index in [0.29, 0.717) is 31.1 Å². The summed E-state index contributed by atoms with van der Waals surface area (Å²) in [5.41, 5.74) is 0.395. The second kappa shape index (κ2) is 15.2. The Balaban J connectivity index is 1.34. The predicted molar refractivity (Wildman–Crippen MR) is 195 cm³/mol. The van der Waals surface area contributed by atoms with Crippen molar-refractivity contribution in [3.05, 3.63) is 67.6 Å². The van der Waals surface area contributed by atoms with E-state index >= 15 is 0 Å². The van der Waals surface area contributed by atoms with Crippen LogP contribution in [0.2, 0.25) is 0 Å². The van der Waals surface area contributed by atoms with Crippen molar-refractivity contribution in [2.24, 2.45) is 0 Å². The zero-order valence-electron chi connectivity index (χ0n) is 31.3. The molecule has 17 heteroatoms. The number of nitrogens with one attached hydrogen (secondary N) is 1. The molecule has 0 radical (unpaired) electrons. The highest BCUT2D eigenvalue weighted by Gasteiger charge is 2.41. The van der Waals surface area contributed by atoms with Gasteiger partial charge in [0.25, 0.3) is 11.8 Å². The Labute approximate surface area is 312 Å². The van der Waals surface area contributed by atoms with Crippen LogP contribution in [0.15, 0.2) is 27.4 Å². The number of rotatable bonds is 9. The molecule has 13 nitrogen and oxygen atoms in total. The first-order valence-corrected chi connectivity index (χ1v) is 19.4. The second-order valence-electron chi connectivity index (χ2n) is 14.5. The van der Waals surface area contributed by atoms with Crippen molar-refractivity contribution in [1.82, 2.24) is 18.8 Å². The molecule has 2 aromatic carbocycles. The van der Waals surface area contributed by atoms with Gasteiger partial charge in [0, 0.05) is 68.6 Å². The Hall–Kier alpha value is -4.19. The van der Waals surface area contributed by atoms with Crippen LogP contribution in [0.3, 0.4) is 0 Å². The van der Waals surface area contributed by atoms with Crippen molar-refractivity contribution in [3.63, 3.8) is 0 Å². The fraction of sp³-hybridized carbons (Fsp3) is 0.541. The minimum atomic E-state index is -5.17. The molecule has 1 atom stereocenters. The molecule has 294 valence electrons. The summed E-state index contributed by atoms with van der Waals surface area (Å²) in [6.45, 7) is 9.90. The van der Waals surface area contributed by atoms with Gasteiger partial charge in [0.2, 0.25) is 0 Å². The fourth-order valence-corrected chi connectivity index (χ4v) is 8.88. The molecule has 2 saturated heterocycles. The molecule has 0 unspecified atom stereocenters. The maximum atomic E-state index is 14.6. The number of carbonyl (C=O) groups excluding carboxylic acids is 2. The lowest BCUT2D eigenvalue weighted by Gasteiger charge is -2.41. The molecule has 0 aliphatic carbocycles. The number of benzene rings is 2. The molecule has 0 bridgehead atoms. The molecule has 6 rings (SSSR count). The largest absolute Gasteiger partial charge is 0.490 e. The summed E-state index contributed by atoms with van der Waals surface area (Å²) in [4.78, 5) is 46.7. The van der Waals surface area contributed by atoms with E-state index in [-0.39, 0.29) is 44.2 Å². The van der Waals surface area contributed by atoms with Crippen LogP contribution in [-0.4, -0.2) is 107 Å². The number of nitrogens with zero attached hydrogens (tertiary/aromatic N) is 4. The Bertz CT molecular complexity index is 2130. The zero-order valence-corrected chi connectivity index (χ0v) is 32.1. The number of aryl methyl sites for hydroxylation is 2. The van der Waals surface area contributed by atoms with Crippen LogP contribution >= 0.6 is 0 Å². The summed E-state index contributed by atoms with van der Waals surface area (Å²) in [5, 5.41) is 0.770. The molecule has 3 aromatic rings. The van der Waals surface area contributed by atoms with E-state index in [9.17, 15) is 36.0 Å². The minimum absolute atomic E-state index is 0.0832. The number of halogens is 3. The van der Waals surface area contributed by atoms with Crippen LogP contribution in [-0.2, 0) is 34.1 Å². The lowest BCUT2D eigenvalue weighted by Crippen LogP contribution is -2.53. The van der Waals surface area contributed by atoms with Crippen LogP contribution in [0.5, 0.6) is 5.75 Å². The van der Waals surface area contributed by atoms with Crippen molar-refractivity contribution in [3.8, 4) is 5.75 Å². The number of alkyl halides is 3. The van der Waals surface area contributed by atoms with E-state index in [1.165, 1.54) is 18.7 Å². The highest BCUT2D eigenvalue weighted by molar-refractivity contribution is 7.87. The van der Waals surface area contributed by atoms with Crippen LogP contribution in [0, 0.1) is 13.8 Å². The number of methoxy groups -OCH3 is 1.